The molecule has 6 aliphatic heterocycles. The minimum absolute atomic E-state index is 0.0532. The molecule has 0 radical (unpaired) electrons. The first kappa shape index (κ1) is 79.2. The van der Waals surface area contributed by atoms with E-state index in [4.69, 9.17) is 56.9 Å². The van der Waals surface area contributed by atoms with Crippen LogP contribution in [0.3, 0.4) is 0 Å². The average molecular weight is 1380 g/mol. The number of rotatable bonds is 32. The van der Waals surface area contributed by atoms with E-state index < -0.39 is 265 Å². The van der Waals surface area contributed by atoms with Crippen LogP contribution < -0.4 is 5.32 Å². The lowest BCUT2D eigenvalue weighted by molar-refractivity contribution is -0.406. The number of amides is 1. The monoisotopic (exact) mass is 1380 g/mol. The summed E-state index contributed by atoms with van der Waals surface area (Å²) in [6.45, 7) is -3.43. The van der Waals surface area contributed by atoms with Crippen molar-refractivity contribution >= 4 is 36.3 Å². The molecule has 38 nitrogen and oxygen atoms in total. The van der Waals surface area contributed by atoms with Crippen molar-refractivity contribution in [3.8, 4) is 0 Å². The van der Waals surface area contributed by atoms with Crippen LogP contribution in [0.4, 0.5) is 0 Å². The number of ether oxygens (including phenoxy) is 11. The van der Waals surface area contributed by atoms with Gasteiger partial charge in [-0.05, 0) is 18.6 Å². The number of hydrogen-bond donors (Lipinski definition) is 22. The lowest BCUT2D eigenvalue weighted by Crippen LogP contribution is -2.71. The maximum absolute atomic E-state index is 13.6. The molecule has 0 aliphatic carbocycles. The first-order valence-electron chi connectivity index (χ1n) is 30.2. The summed E-state index contributed by atoms with van der Waals surface area (Å²) in [5.74, 6) is -13.5. The van der Waals surface area contributed by atoms with Crippen molar-refractivity contribution in [2.45, 2.75) is 242 Å². The molecule has 0 spiro atoms. The molecular formula is C54H92N2O36S. The summed E-state index contributed by atoms with van der Waals surface area (Å²) < 4.78 is 65.5. The zero-order valence-electron chi connectivity index (χ0n) is 51.1. The summed E-state index contributed by atoms with van der Waals surface area (Å²) in [5.41, 5.74) is 0. The van der Waals surface area contributed by atoms with Crippen LogP contribution in [0, 0.1) is 11.8 Å². The van der Waals surface area contributed by atoms with Gasteiger partial charge in [-0.1, -0.05) is 13.8 Å². The molecule has 10 unspecified atom stereocenters. The molecule has 93 heavy (non-hydrogen) atoms. The Hall–Kier alpha value is -2.81. The van der Waals surface area contributed by atoms with Crippen LogP contribution in [0.5, 0.6) is 0 Å². The smallest absolute Gasteiger partial charge is 0.364 e. The minimum Gasteiger partial charge on any atom is -0.477 e. The van der Waals surface area contributed by atoms with E-state index >= 15 is 0 Å². The van der Waals surface area contributed by atoms with E-state index in [9.17, 15) is 121 Å². The van der Waals surface area contributed by atoms with Crippen molar-refractivity contribution in [1.29, 1.82) is 0 Å². The maximum atomic E-state index is 13.6. The molecule has 6 heterocycles. The molecular weight excluding hydrogens is 1280 g/mol. The summed E-state index contributed by atoms with van der Waals surface area (Å²) in [5, 5.41) is 223. The molecule has 0 aromatic rings. The van der Waals surface area contributed by atoms with E-state index in [0.717, 1.165) is 12.0 Å². The summed E-state index contributed by atoms with van der Waals surface area (Å²) in [7, 11) is 1.30. The van der Waals surface area contributed by atoms with Crippen LogP contribution in [0.15, 0.2) is 0 Å². The standard InChI is InChI=1S/C54H92N2O36S/c1-19-23(65)11-53(51(77)78,89-40(19)32(69)25(67)13-57)91-45-35(72)28(16-60)84-49(38(45)75)88-44-31(55-21(3)63)48(83-27(15-59)34(44)71)87-43-30(18-62)85-50(39(76)46(43)92-54(52(79)80)12-24(66)20(2)41(90-54)33(70)26(68)14-58)86-42-29(17-61)82-47(37(74)36(42)73)56(4)81-9-5-7-22(64)8-6-10-93/h19-20,23-50,57-62,65-76,93H,5-18H2,1-4H3,(H,55,63)(H,77,78)(H,79,80)/t19-,20-,23?,24?,25-,26-,27?,28?,29?,30?,31?,32-,33+,34+,35+,36-,37?,38?,39?,40-,41-,42-,43+,44-,45+,46-,47-,48+,49+,50+,53+,54+/m1/s1. The van der Waals surface area contributed by atoms with Gasteiger partial charge in [0, 0.05) is 51.5 Å². The number of carboxylic acid groups (broad SMARTS) is 2. The van der Waals surface area contributed by atoms with E-state index in [1.807, 2.05) is 0 Å². The Kier molecular flexibility index (Phi) is 29.6. The second-order valence-corrected chi connectivity index (χ2v) is 24.4. The van der Waals surface area contributed by atoms with Crippen molar-refractivity contribution in [2.24, 2.45) is 11.8 Å². The Balaban J connectivity index is 1.37. The first-order chi connectivity index (χ1) is 43.8. The van der Waals surface area contributed by atoms with E-state index in [0.29, 0.717) is 18.6 Å². The molecule has 0 aromatic carbocycles. The molecule has 21 N–H and O–H groups in total. The fourth-order valence-electron chi connectivity index (χ4n) is 11.9. The number of carbonyl (C=O) groups is 4. The zero-order valence-corrected chi connectivity index (χ0v) is 52.0. The number of nitrogens with zero attached hydrogens (tertiary/aromatic N) is 1. The van der Waals surface area contributed by atoms with Gasteiger partial charge in [-0.2, -0.15) is 17.7 Å². The van der Waals surface area contributed by atoms with Crippen LogP contribution in [0.2, 0.25) is 0 Å². The van der Waals surface area contributed by atoms with Gasteiger partial charge in [0.15, 0.2) is 25.1 Å². The van der Waals surface area contributed by atoms with Gasteiger partial charge in [-0.3, -0.25) is 14.4 Å². The fraction of sp³-hybridized carbons (Fsp3) is 0.926. The lowest BCUT2D eigenvalue weighted by Gasteiger charge is -2.53. The second-order valence-electron chi connectivity index (χ2n) is 23.9. The van der Waals surface area contributed by atoms with E-state index in [1.165, 1.54) is 20.9 Å². The SMILES string of the molecule is CC(=O)NC1[C@H](O[C@H]2C(CO)O[C@@H](O[C@@H]3C(CO)O[C@@H](N(C)OCCCC(=O)CCCS)C(O)[C@H]3O)C(O)[C@H]2O[C@]2(C(=O)O)CC(O)[C@@H](C)[C@H]([C@@H](O)[C@H](O)CO)O2)OC(CO)[C@H](O)[C@@H]1O[C@@H]1OC(CO)[C@H](O)[C@H](O[C@]2(C(=O)O)CC(O)[C@@H](C)[C@H]([C@H](O)[C@H](O)CO)O2)C1O. The summed E-state index contributed by atoms with van der Waals surface area (Å²) >= 11 is 4.10. The largest absolute Gasteiger partial charge is 0.477 e. The Morgan fingerprint density at radius 3 is 1.46 bits per heavy atom. The average Bonchev–Trinajstić information content (AvgIpc) is 0.764. The van der Waals surface area contributed by atoms with Crippen LogP contribution >= 0.6 is 12.6 Å². The fourth-order valence-corrected chi connectivity index (χ4v) is 12.1. The number of Topliss-reactive ketones (excluding diaryl/α,β-unsaturated/α-hetero) is 1. The van der Waals surface area contributed by atoms with Gasteiger partial charge >= 0.3 is 11.9 Å². The third-order valence-electron chi connectivity index (χ3n) is 17.4. The summed E-state index contributed by atoms with van der Waals surface area (Å²) in [6, 6.07) is -2.05. The Labute approximate surface area is 536 Å². The number of nitrogens with one attached hydrogen (secondary N) is 1. The number of thiol groups is 1. The third kappa shape index (κ3) is 18.0. The van der Waals surface area contributed by atoms with E-state index in [-0.39, 0.29) is 25.2 Å². The molecule has 6 aliphatic rings. The number of hydrogen-bond acceptors (Lipinski definition) is 36. The number of aliphatic carboxylic acids is 2. The van der Waals surface area contributed by atoms with Crippen LogP contribution in [0.1, 0.15) is 59.3 Å². The Morgan fingerprint density at radius 2 is 0.989 bits per heavy atom. The van der Waals surface area contributed by atoms with Gasteiger partial charge in [-0.15, -0.1) is 0 Å². The highest BCUT2D eigenvalue weighted by molar-refractivity contribution is 7.80. The normalized spacial score (nSPS) is 43.1. The quantitative estimate of drug-likeness (QED) is 0.0169. The molecule has 39 heteroatoms. The van der Waals surface area contributed by atoms with Crippen molar-refractivity contribution in [1.82, 2.24) is 10.4 Å². The van der Waals surface area contributed by atoms with Gasteiger partial charge in [0.05, 0.1) is 70.7 Å². The van der Waals surface area contributed by atoms with Crippen LogP contribution in [0.25, 0.3) is 0 Å². The highest BCUT2D eigenvalue weighted by Crippen LogP contribution is 2.44. The van der Waals surface area contributed by atoms with Gasteiger partial charge in [0.1, 0.15) is 128 Å². The molecule has 0 bridgehead atoms. The predicted octanol–water partition coefficient (Wildman–Crippen LogP) is -11.1. The number of carbonyl (C=O) groups excluding carboxylic acids is 2. The second kappa shape index (κ2) is 34.8. The molecule has 540 valence electrons. The van der Waals surface area contributed by atoms with Crippen molar-refractivity contribution < 1.29 is 178 Å². The van der Waals surface area contributed by atoms with Crippen molar-refractivity contribution in [2.75, 3.05) is 59.0 Å². The predicted molar refractivity (Wildman–Crippen MR) is 300 cm³/mol. The number of ketones is 1. The highest BCUT2D eigenvalue weighted by atomic mass is 32.1. The molecule has 0 aromatic heterocycles. The summed E-state index contributed by atoms with van der Waals surface area (Å²) in [6.07, 6.45) is -57.2. The van der Waals surface area contributed by atoms with Gasteiger partial charge in [0.25, 0.3) is 11.6 Å². The molecule has 6 rings (SSSR count). The molecule has 6 saturated heterocycles. The van der Waals surface area contributed by atoms with E-state index in [1.54, 1.807) is 0 Å². The molecule has 1 amide bonds. The number of carboxylic acids is 2. The zero-order chi connectivity index (χ0) is 69.3. The number of aliphatic hydroxyl groups excluding tert-OH is 18. The highest BCUT2D eigenvalue weighted by Gasteiger charge is 2.63. The molecule has 6 fully saturated rings. The Morgan fingerprint density at radius 1 is 0.559 bits per heavy atom. The lowest BCUT2D eigenvalue weighted by atomic mass is 9.84. The molecule has 0 saturated carbocycles. The number of aliphatic hydroxyl groups is 18. The van der Waals surface area contributed by atoms with Crippen molar-refractivity contribution in [3.05, 3.63) is 0 Å². The maximum Gasteiger partial charge on any atom is 0.364 e. The van der Waals surface area contributed by atoms with Gasteiger partial charge in [-0.25, -0.2) is 9.59 Å². The minimum atomic E-state index is -3.28. The van der Waals surface area contributed by atoms with Gasteiger partial charge < -0.3 is 160 Å². The van der Waals surface area contributed by atoms with Crippen LogP contribution in [-0.2, 0) is 76.1 Å². The van der Waals surface area contributed by atoms with Crippen LogP contribution in [-0.4, -0.2) is 373 Å². The Bertz CT molecular complexity index is 2360. The molecule has 32 atom stereocenters. The third-order valence-corrected chi connectivity index (χ3v) is 17.7. The van der Waals surface area contributed by atoms with Gasteiger partial charge in [0.2, 0.25) is 5.91 Å². The topological polar surface area (TPSA) is 599 Å². The number of likely N-dealkylation sites (N-methyl/N-ethyl adjacent to an activating group) is 1. The van der Waals surface area contributed by atoms with E-state index in [2.05, 4.69) is 17.9 Å². The number of hydroxylamine groups is 2. The first-order valence-corrected chi connectivity index (χ1v) is 30.8. The van der Waals surface area contributed by atoms with Crippen molar-refractivity contribution in [3.63, 3.8) is 0 Å². The summed E-state index contributed by atoms with van der Waals surface area (Å²) in [4.78, 5) is 57.8.